The van der Waals surface area contributed by atoms with Crippen LogP contribution >= 0.6 is 11.6 Å². The van der Waals surface area contributed by atoms with Crippen LogP contribution < -0.4 is 4.74 Å². The van der Waals surface area contributed by atoms with Crippen LogP contribution in [0.25, 0.3) is 16.8 Å². The molecule has 4 aromatic rings. The second-order valence-electron chi connectivity index (χ2n) is 6.20. The lowest BCUT2D eigenvalue weighted by atomic mass is 10.0. The maximum atomic E-state index is 13.3. The van der Waals surface area contributed by atoms with E-state index in [0.717, 1.165) is 12.1 Å². The van der Waals surface area contributed by atoms with Crippen LogP contribution in [-0.4, -0.2) is 29.8 Å². The predicted octanol–water partition coefficient (Wildman–Crippen LogP) is 4.66. The molecule has 0 unspecified atom stereocenters. The minimum absolute atomic E-state index is 0.00474. The molecule has 29 heavy (non-hydrogen) atoms. The number of aryl methyl sites for hydroxylation is 2. The molecule has 0 amide bonds. The molecular formula is C18H12ClF3N6O. The summed E-state index contributed by atoms with van der Waals surface area (Å²) in [5.41, 5.74) is 1.72. The van der Waals surface area contributed by atoms with Gasteiger partial charge in [-0.3, -0.25) is 0 Å². The van der Waals surface area contributed by atoms with Crippen LogP contribution in [0.1, 0.15) is 16.8 Å². The zero-order valence-corrected chi connectivity index (χ0v) is 15.8. The van der Waals surface area contributed by atoms with Gasteiger partial charge in [0, 0.05) is 34.6 Å². The molecule has 0 spiro atoms. The molecular weight excluding hydrogens is 409 g/mol. The number of aromatic nitrogens is 6. The zero-order chi connectivity index (χ0) is 20.8. The Morgan fingerprint density at radius 3 is 2.59 bits per heavy atom. The van der Waals surface area contributed by atoms with Crippen molar-refractivity contribution in [1.29, 1.82) is 0 Å². The number of fused-ring (bicyclic) bond motifs is 1. The van der Waals surface area contributed by atoms with Crippen molar-refractivity contribution in [2.24, 2.45) is 0 Å². The highest BCUT2D eigenvalue weighted by Crippen LogP contribution is 2.39. The molecule has 0 radical (unpaired) electrons. The monoisotopic (exact) mass is 420 g/mol. The van der Waals surface area contributed by atoms with Crippen molar-refractivity contribution in [3.05, 3.63) is 58.9 Å². The second-order valence-corrected chi connectivity index (χ2v) is 6.54. The van der Waals surface area contributed by atoms with Crippen LogP contribution in [0.3, 0.4) is 0 Å². The first-order valence-electron chi connectivity index (χ1n) is 8.28. The summed E-state index contributed by atoms with van der Waals surface area (Å²) in [6.07, 6.45) is -1.67. The van der Waals surface area contributed by atoms with E-state index in [1.165, 1.54) is 23.1 Å². The van der Waals surface area contributed by atoms with Gasteiger partial charge in [-0.25, -0.2) is 9.97 Å². The number of halogens is 4. The Labute approximate surface area is 167 Å². The Morgan fingerprint density at radius 1 is 1.07 bits per heavy atom. The van der Waals surface area contributed by atoms with Gasteiger partial charge < -0.3 is 4.74 Å². The standard InChI is InChI=1S/C18H12ClF3N6O/c1-9-5-15(27-28-16(9)25-26-17(28)19)29-14-6-11(18(20,21)22)3-4-12(14)13-7-23-8-24-10(13)2/h3-8H,1-2H3. The van der Waals surface area contributed by atoms with Gasteiger partial charge in [0.25, 0.3) is 0 Å². The molecule has 0 fully saturated rings. The molecule has 1 aromatic carbocycles. The maximum Gasteiger partial charge on any atom is 0.416 e. The van der Waals surface area contributed by atoms with Gasteiger partial charge in [-0.15, -0.1) is 15.3 Å². The van der Waals surface area contributed by atoms with E-state index in [0.29, 0.717) is 28.0 Å². The molecule has 0 bridgehead atoms. The number of nitrogens with zero attached hydrogens (tertiary/aromatic N) is 6. The molecule has 0 N–H and O–H groups in total. The van der Waals surface area contributed by atoms with E-state index in [9.17, 15) is 13.2 Å². The van der Waals surface area contributed by atoms with Gasteiger partial charge in [0.15, 0.2) is 5.65 Å². The Kier molecular flexibility index (Phi) is 4.58. The number of alkyl halides is 3. The first kappa shape index (κ1) is 19.1. The fourth-order valence-corrected chi connectivity index (χ4v) is 2.95. The molecule has 11 heteroatoms. The van der Waals surface area contributed by atoms with E-state index in [2.05, 4.69) is 25.3 Å². The Morgan fingerprint density at radius 2 is 1.86 bits per heavy atom. The molecule has 0 aliphatic carbocycles. The SMILES string of the molecule is Cc1ncncc1-c1ccc(C(F)(F)F)cc1Oc1cc(C)c2nnc(Cl)n2n1. The second kappa shape index (κ2) is 6.96. The molecule has 7 nitrogen and oxygen atoms in total. The Balaban J connectivity index is 1.87. The smallest absolute Gasteiger partial charge is 0.416 e. The average Bonchev–Trinajstić information content (AvgIpc) is 3.03. The number of hydrogen-bond donors (Lipinski definition) is 0. The topological polar surface area (TPSA) is 78.1 Å². The lowest BCUT2D eigenvalue weighted by Crippen LogP contribution is -2.06. The summed E-state index contributed by atoms with van der Waals surface area (Å²) in [4.78, 5) is 8.05. The van der Waals surface area contributed by atoms with Gasteiger partial charge in [-0.05, 0) is 43.6 Å². The lowest BCUT2D eigenvalue weighted by molar-refractivity contribution is -0.137. The van der Waals surface area contributed by atoms with E-state index < -0.39 is 11.7 Å². The van der Waals surface area contributed by atoms with E-state index in [1.54, 1.807) is 19.9 Å². The van der Waals surface area contributed by atoms with Crippen molar-refractivity contribution in [2.45, 2.75) is 20.0 Å². The summed E-state index contributed by atoms with van der Waals surface area (Å²) >= 11 is 5.96. The van der Waals surface area contributed by atoms with E-state index in [-0.39, 0.29) is 16.9 Å². The quantitative estimate of drug-likeness (QED) is 0.479. The fraction of sp³-hybridized carbons (Fsp3) is 0.167. The normalized spacial score (nSPS) is 11.8. The van der Waals surface area contributed by atoms with Crippen LogP contribution in [0.5, 0.6) is 11.6 Å². The summed E-state index contributed by atoms with van der Waals surface area (Å²) in [5, 5.41) is 11.8. The summed E-state index contributed by atoms with van der Waals surface area (Å²) in [5.74, 6) is -0.0139. The van der Waals surface area contributed by atoms with Crippen molar-refractivity contribution < 1.29 is 17.9 Å². The van der Waals surface area contributed by atoms with Gasteiger partial charge >= 0.3 is 6.18 Å². The molecule has 0 aliphatic rings. The van der Waals surface area contributed by atoms with Crippen molar-refractivity contribution in [3.8, 4) is 22.8 Å². The molecule has 4 rings (SSSR count). The van der Waals surface area contributed by atoms with Gasteiger partial charge in [0.05, 0.1) is 5.56 Å². The molecule has 3 heterocycles. The molecule has 148 valence electrons. The third-order valence-electron chi connectivity index (χ3n) is 4.22. The van der Waals surface area contributed by atoms with E-state index >= 15 is 0 Å². The predicted molar refractivity (Wildman–Crippen MR) is 97.8 cm³/mol. The molecule has 0 aliphatic heterocycles. The summed E-state index contributed by atoms with van der Waals surface area (Å²) in [7, 11) is 0. The first-order chi connectivity index (χ1) is 13.7. The van der Waals surface area contributed by atoms with Crippen LogP contribution in [0.4, 0.5) is 13.2 Å². The van der Waals surface area contributed by atoms with Gasteiger partial charge in [0.1, 0.15) is 12.1 Å². The molecule has 0 saturated carbocycles. The van der Waals surface area contributed by atoms with Gasteiger partial charge in [-0.1, -0.05) is 0 Å². The van der Waals surface area contributed by atoms with Crippen molar-refractivity contribution in [2.75, 3.05) is 0 Å². The Bertz CT molecular complexity index is 1220. The molecule has 0 atom stereocenters. The minimum atomic E-state index is -4.54. The summed E-state index contributed by atoms with van der Waals surface area (Å²) in [6, 6.07) is 4.75. The van der Waals surface area contributed by atoms with Crippen LogP contribution in [0.15, 0.2) is 36.8 Å². The van der Waals surface area contributed by atoms with E-state index in [1.807, 2.05) is 0 Å². The number of ether oxygens (including phenoxy) is 1. The summed E-state index contributed by atoms with van der Waals surface area (Å²) in [6.45, 7) is 3.46. The maximum absolute atomic E-state index is 13.3. The zero-order valence-electron chi connectivity index (χ0n) is 15.1. The van der Waals surface area contributed by atoms with Crippen LogP contribution in [-0.2, 0) is 6.18 Å². The third kappa shape index (κ3) is 3.58. The number of benzene rings is 1. The van der Waals surface area contributed by atoms with Gasteiger partial charge in [0.2, 0.25) is 11.2 Å². The van der Waals surface area contributed by atoms with Crippen molar-refractivity contribution in [1.82, 2.24) is 29.8 Å². The largest absolute Gasteiger partial charge is 0.437 e. The highest BCUT2D eigenvalue weighted by Gasteiger charge is 2.32. The molecule has 3 aromatic heterocycles. The van der Waals surface area contributed by atoms with Crippen LogP contribution in [0.2, 0.25) is 5.28 Å². The minimum Gasteiger partial charge on any atom is -0.437 e. The van der Waals surface area contributed by atoms with Crippen LogP contribution in [0, 0.1) is 13.8 Å². The first-order valence-corrected chi connectivity index (χ1v) is 8.66. The fourth-order valence-electron chi connectivity index (χ4n) is 2.80. The lowest BCUT2D eigenvalue weighted by Gasteiger charge is -2.15. The van der Waals surface area contributed by atoms with Crippen molar-refractivity contribution in [3.63, 3.8) is 0 Å². The van der Waals surface area contributed by atoms with E-state index in [4.69, 9.17) is 16.3 Å². The highest BCUT2D eigenvalue weighted by atomic mass is 35.5. The average molecular weight is 421 g/mol. The van der Waals surface area contributed by atoms with Gasteiger partial charge in [-0.2, -0.15) is 17.7 Å². The van der Waals surface area contributed by atoms with Crippen molar-refractivity contribution >= 4 is 17.2 Å². The Hall–Kier alpha value is -3.27. The summed E-state index contributed by atoms with van der Waals surface area (Å²) < 4.78 is 46.8. The number of rotatable bonds is 3. The number of hydrogen-bond acceptors (Lipinski definition) is 6. The molecule has 0 saturated heterocycles. The third-order valence-corrected chi connectivity index (χ3v) is 4.45. The highest BCUT2D eigenvalue weighted by molar-refractivity contribution is 6.28.